The maximum atomic E-state index is 11.8. The molecule has 0 saturated carbocycles. The van der Waals surface area contributed by atoms with Gasteiger partial charge in [0.15, 0.2) is 0 Å². The Bertz CT molecular complexity index is 254. The molecule has 1 atom stereocenters. The Labute approximate surface area is 96.8 Å². The third-order valence-electron chi connectivity index (χ3n) is 2.38. The van der Waals surface area contributed by atoms with E-state index in [1.807, 2.05) is 27.7 Å². The summed E-state index contributed by atoms with van der Waals surface area (Å²) in [5.41, 5.74) is -0.403. The van der Waals surface area contributed by atoms with E-state index < -0.39 is 5.60 Å². The van der Waals surface area contributed by atoms with Crippen LogP contribution in [0.1, 0.15) is 27.7 Å². The summed E-state index contributed by atoms with van der Waals surface area (Å²) in [5.74, 6) is 0. The average molecular weight is 230 g/mol. The Balaban J connectivity index is 2.62. The Morgan fingerprint density at radius 1 is 1.62 bits per heavy atom. The second-order valence-electron chi connectivity index (χ2n) is 5.17. The lowest BCUT2D eigenvalue weighted by atomic mass is 10.1. The van der Waals surface area contributed by atoms with Gasteiger partial charge in [0.25, 0.3) is 0 Å². The first-order valence-corrected chi connectivity index (χ1v) is 5.68. The van der Waals surface area contributed by atoms with Crippen molar-refractivity contribution in [3.05, 3.63) is 0 Å². The summed E-state index contributed by atoms with van der Waals surface area (Å²) >= 11 is 0. The first kappa shape index (κ1) is 13.3. The van der Waals surface area contributed by atoms with E-state index >= 15 is 0 Å². The molecule has 1 fully saturated rings. The van der Waals surface area contributed by atoms with Gasteiger partial charge in [-0.15, -0.1) is 0 Å². The van der Waals surface area contributed by atoms with E-state index in [1.54, 1.807) is 4.90 Å². The summed E-state index contributed by atoms with van der Waals surface area (Å²) in [6, 6.07) is 0.0239. The zero-order chi connectivity index (χ0) is 12.3. The predicted molar refractivity (Wildman–Crippen MR) is 61.3 cm³/mol. The minimum Gasteiger partial charge on any atom is -0.394 e. The van der Waals surface area contributed by atoms with Gasteiger partial charge < -0.3 is 20.1 Å². The van der Waals surface area contributed by atoms with E-state index in [9.17, 15) is 4.79 Å². The van der Waals surface area contributed by atoms with Crippen LogP contribution in [-0.2, 0) is 4.74 Å². The molecule has 0 bridgehead atoms. The van der Waals surface area contributed by atoms with Crippen molar-refractivity contribution in [3.8, 4) is 0 Å². The molecular weight excluding hydrogens is 208 g/mol. The molecule has 1 heterocycles. The molecule has 0 spiro atoms. The minimum absolute atomic E-state index is 0.0606. The number of aliphatic hydroxyl groups excluding tert-OH is 1. The van der Waals surface area contributed by atoms with Gasteiger partial charge in [0.1, 0.15) is 0 Å². The van der Waals surface area contributed by atoms with Gasteiger partial charge in [0.2, 0.25) is 0 Å². The van der Waals surface area contributed by atoms with Crippen LogP contribution in [0.4, 0.5) is 4.79 Å². The number of ether oxygens (including phenoxy) is 1. The van der Waals surface area contributed by atoms with Crippen LogP contribution in [-0.4, -0.2) is 53.5 Å². The predicted octanol–water partition coefficient (Wildman–Crippen LogP) is 0.576. The quantitative estimate of drug-likeness (QED) is 0.729. The van der Waals surface area contributed by atoms with Gasteiger partial charge in [-0.1, -0.05) is 0 Å². The second-order valence-corrected chi connectivity index (χ2v) is 5.17. The normalized spacial score (nSPS) is 24.6. The molecule has 0 aromatic carbocycles. The van der Waals surface area contributed by atoms with Gasteiger partial charge in [0.05, 0.1) is 31.4 Å². The molecule has 94 valence electrons. The number of rotatable bonds is 2. The van der Waals surface area contributed by atoms with Gasteiger partial charge in [0, 0.05) is 6.04 Å². The number of morpholine rings is 1. The van der Waals surface area contributed by atoms with Crippen LogP contribution in [0.3, 0.4) is 0 Å². The Morgan fingerprint density at radius 2 is 2.25 bits per heavy atom. The number of nitrogens with one attached hydrogen (secondary N) is 1. The molecule has 5 heteroatoms. The average Bonchev–Trinajstić information content (AvgIpc) is 2.14. The van der Waals surface area contributed by atoms with Crippen molar-refractivity contribution in [3.63, 3.8) is 0 Å². The molecule has 1 saturated heterocycles. The van der Waals surface area contributed by atoms with E-state index in [-0.39, 0.29) is 24.8 Å². The number of carbonyl (C=O) groups excluding carboxylic acids is 1. The molecule has 1 unspecified atom stereocenters. The van der Waals surface area contributed by atoms with E-state index in [2.05, 4.69) is 5.32 Å². The smallest absolute Gasteiger partial charge is 0.317 e. The topological polar surface area (TPSA) is 61.8 Å². The first-order chi connectivity index (χ1) is 7.34. The highest BCUT2D eigenvalue weighted by Gasteiger charge is 2.35. The summed E-state index contributed by atoms with van der Waals surface area (Å²) in [7, 11) is 0. The third-order valence-corrected chi connectivity index (χ3v) is 2.38. The van der Waals surface area contributed by atoms with Crippen LogP contribution in [0.25, 0.3) is 0 Å². The number of hydrogen-bond acceptors (Lipinski definition) is 3. The minimum atomic E-state index is -0.403. The number of nitrogens with zero attached hydrogens (tertiary/aromatic N) is 1. The second kappa shape index (κ2) is 5.01. The van der Waals surface area contributed by atoms with Crippen LogP contribution >= 0.6 is 0 Å². The van der Waals surface area contributed by atoms with Crippen LogP contribution in [0.5, 0.6) is 0 Å². The Kier molecular flexibility index (Phi) is 4.15. The fraction of sp³-hybridized carbons (Fsp3) is 0.909. The molecule has 0 aromatic heterocycles. The summed E-state index contributed by atoms with van der Waals surface area (Å²) in [5, 5.41) is 12.0. The molecule has 16 heavy (non-hydrogen) atoms. The summed E-state index contributed by atoms with van der Waals surface area (Å²) in [6.45, 7) is 8.62. The SMILES string of the molecule is CC(C)NC(=O)N1CC(CO)OC(C)(C)C1. The Hall–Kier alpha value is -0.810. The van der Waals surface area contributed by atoms with E-state index in [0.29, 0.717) is 13.1 Å². The van der Waals surface area contributed by atoms with E-state index in [0.717, 1.165) is 0 Å². The highest BCUT2D eigenvalue weighted by Crippen LogP contribution is 2.20. The summed E-state index contributed by atoms with van der Waals surface area (Å²) in [6.07, 6.45) is -0.290. The number of carbonyl (C=O) groups is 1. The lowest BCUT2D eigenvalue weighted by molar-refractivity contribution is -0.138. The summed E-state index contributed by atoms with van der Waals surface area (Å²) < 4.78 is 5.64. The van der Waals surface area contributed by atoms with Crippen molar-refractivity contribution in [2.45, 2.75) is 45.4 Å². The Morgan fingerprint density at radius 3 is 2.75 bits per heavy atom. The van der Waals surface area contributed by atoms with Crippen molar-refractivity contribution in [2.24, 2.45) is 0 Å². The zero-order valence-electron chi connectivity index (χ0n) is 10.5. The molecular formula is C11H22N2O3. The lowest BCUT2D eigenvalue weighted by Gasteiger charge is -2.42. The number of amides is 2. The number of hydrogen-bond donors (Lipinski definition) is 2. The van der Waals surface area contributed by atoms with E-state index in [4.69, 9.17) is 9.84 Å². The van der Waals surface area contributed by atoms with Gasteiger partial charge in [-0.25, -0.2) is 4.79 Å². The van der Waals surface area contributed by atoms with Crippen molar-refractivity contribution in [1.29, 1.82) is 0 Å². The molecule has 2 N–H and O–H groups in total. The van der Waals surface area contributed by atoms with Crippen LogP contribution < -0.4 is 5.32 Å². The standard InChI is InChI=1S/C11H22N2O3/c1-8(2)12-10(15)13-5-9(6-14)16-11(3,4)7-13/h8-9,14H,5-7H2,1-4H3,(H,12,15). The van der Waals surface area contributed by atoms with Crippen molar-refractivity contribution >= 4 is 6.03 Å². The van der Waals surface area contributed by atoms with Crippen molar-refractivity contribution in [2.75, 3.05) is 19.7 Å². The molecule has 1 aliphatic heterocycles. The van der Waals surface area contributed by atoms with Gasteiger partial charge in [-0.3, -0.25) is 0 Å². The molecule has 1 rings (SSSR count). The molecule has 1 aliphatic rings. The molecule has 2 amide bonds. The fourth-order valence-electron chi connectivity index (χ4n) is 1.88. The zero-order valence-corrected chi connectivity index (χ0v) is 10.5. The summed E-state index contributed by atoms with van der Waals surface area (Å²) in [4.78, 5) is 13.5. The molecule has 0 aliphatic carbocycles. The van der Waals surface area contributed by atoms with Gasteiger partial charge in [-0.2, -0.15) is 0 Å². The highest BCUT2D eigenvalue weighted by atomic mass is 16.5. The van der Waals surface area contributed by atoms with Gasteiger partial charge >= 0.3 is 6.03 Å². The van der Waals surface area contributed by atoms with Crippen LogP contribution in [0.15, 0.2) is 0 Å². The maximum Gasteiger partial charge on any atom is 0.317 e. The molecule has 0 aromatic rings. The highest BCUT2D eigenvalue weighted by molar-refractivity contribution is 5.74. The number of aliphatic hydroxyl groups is 1. The van der Waals surface area contributed by atoms with Crippen molar-refractivity contribution in [1.82, 2.24) is 10.2 Å². The van der Waals surface area contributed by atoms with Crippen molar-refractivity contribution < 1.29 is 14.6 Å². The first-order valence-electron chi connectivity index (χ1n) is 5.68. The number of urea groups is 1. The third kappa shape index (κ3) is 3.64. The molecule has 5 nitrogen and oxygen atoms in total. The monoisotopic (exact) mass is 230 g/mol. The van der Waals surface area contributed by atoms with Crippen LogP contribution in [0.2, 0.25) is 0 Å². The largest absolute Gasteiger partial charge is 0.394 e. The van der Waals surface area contributed by atoms with Crippen LogP contribution in [0, 0.1) is 0 Å². The molecule has 0 radical (unpaired) electrons. The fourth-order valence-corrected chi connectivity index (χ4v) is 1.88. The van der Waals surface area contributed by atoms with Gasteiger partial charge in [-0.05, 0) is 27.7 Å². The lowest BCUT2D eigenvalue weighted by Crippen LogP contribution is -2.58. The van der Waals surface area contributed by atoms with E-state index in [1.165, 1.54) is 0 Å². The maximum absolute atomic E-state index is 11.8.